The van der Waals surface area contributed by atoms with Crippen molar-refractivity contribution in [2.24, 2.45) is 0 Å². The highest BCUT2D eigenvalue weighted by Crippen LogP contribution is 2.40. The van der Waals surface area contributed by atoms with Gasteiger partial charge in [-0.3, -0.25) is 0 Å². The minimum atomic E-state index is 0.556. The Balaban J connectivity index is 0.972. The average Bonchev–Trinajstić information content (AvgIpc) is 3.43. The Morgan fingerprint density at radius 1 is 0.221 bits per heavy atom. The number of aromatic nitrogens is 6. The number of hydrogen-bond acceptors (Lipinski definition) is 7. The fraction of sp³-hybridized carbons (Fsp3) is 0. The van der Waals surface area contributed by atoms with Gasteiger partial charge in [-0.2, -0.15) is 5.26 Å². The summed E-state index contributed by atoms with van der Waals surface area (Å²) in [7, 11) is 0. The van der Waals surface area contributed by atoms with Crippen LogP contribution in [0.5, 0.6) is 0 Å². The molecule has 68 heavy (non-hydrogen) atoms. The van der Waals surface area contributed by atoms with Crippen LogP contribution in [-0.2, 0) is 0 Å². The van der Waals surface area contributed by atoms with Crippen LogP contribution in [0.2, 0.25) is 0 Å². The predicted octanol–water partition coefficient (Wildman–Crippen LogP) is 14.6. The third-order valence-corrected chi connectivity index (χ3v) is 11.9. The van der Waals surface area contributed by atoms with E-state index >= 15 is 0 Å². The van der Waals surface area contributed by atoms with E-state index in [0.717, 1.165) is 77.9 Å². The lowest BCUT2D eigenvalue weighted by atomic mass is 9.88. The molecular formula is C61H39N7. The number of nitrogens with zero attached hydrogens (tertiary/aromatic N) is 7. The summed E-state index contributed by atoms with van der Waals surface area (Å²) < 4.78 is 0. The largest absolute Gasteiger partial charge is 0.208 e. The van der Waals surface area contributed by atoms with Gasteiger partial charge in [0.25, 0.3) is 0 Å². The Hall–Kier alpha value is -9.51. The van der Waals surface area contributed by atoms with E-state index in [2.05, 4.69) is 103 Å². The summed E-state index contributed by atoms with van der Waals surface area (Å²) in [5.41, 5.74) is 14.2. The van der Waals surface area contributed by atoms with Gasteiger partial charge in [-0.25, -0.2) is 29.9 Å². The van der Waals surface area contributed by atoms with Crippen LogP contribution in [0.25, 0.3) is 113 Å². The zero-order valence-electron chi connectivity index (χ0n) is 36.6. The van der Waals surface area contributed by atoms with E-state index < -0.39 is 0 Å². The van der Waals surface area contributed by atoms with Crippen LogP contribution < -0.4 is 0 Å². The lowest BCUT2D eigenvalue weighted by molar-refractivity contribution is 1.07. The maximum Gasteiger partial charge on any atom is 0.164 e. The Bertz CT molecular complexity index is 3570. The van der Waals surface area contributed by atoms with Gasteiger partial charge in [-0.1, -0.05) is 218 Å². The molecule has 318 valence electrons. The molecule has 7 nitrogen and oxygen atoms in total. The Morgan fingerprint density at radius 3 is 0.897 bits per heavy atom. The van der Waals surface area contributed by atoms with Crippen LogP contribution in [-0.4, -0.2) is 29.9 Å². The molecule has 11 aromatic rings. The molecule has 0 radical (unpaired) electrons. The molecule has 0 amide bonds. The third kappa shape index (κ3) is 8.45. The van der Waals surface area contributed by atoms with Crippen LogP contribution in [0.3, 0.4) is 0 Å². The molecule has 9 aromatic carbocycles. The molecule has 0 aliphatic heterocycles. The monoisotopic (exact) mass is 869 g/mol. The summed E-state index contributed by atoms with van der Waals surface area (Å²) in [6, 6.07) is 81.9. The maximum absolute atomic E-state index is 9.75. The zero-order valence-corrected chi connectivity index (χ0v) is 36.6. The van der Waals surface area contributed by atoms with Crippen molar-refractivity contribution in [1.29, 1.82) is 5.26 Å². The highest BCUT2D eigenvalue weighted by molar-refractivity contribution is 5.93. The molecule has 0 unspecified atom stereocenters. The van der Waals surface area contributed by atoms with Crippen LogP contribution in [0.1, 0.15) is 5.56 Å². The van der Waals surface area contributed by atoms with Crippen LogP contribution >= 0.6 is 0 Å². The minimum Gasteiger partial charge on any atom is -0.208 e. The fourth-order valence-electron chi connectivity index (χ4n) is 8.51. The molecule has 0 saturated carbocycles. The molecule has 0 bridgehead atoms. The van der Waals surface area contributed by atoms with E-state index in [0.29, 0.717) is 40.5 Å². The molecule has 0 fully saturated rings. The summed E-state index contributed by atoms with van der Waals surface area (Å²) in [5.74, 6) is 3.54. The van der Waals surface area contributed by atoms with E-state index in [1.807, 2.05) is 140 Å². The lowest BCUT2D eigenvalue weighted by Crippen LogP contribution is -2.00. The van der Waals surface area contributed by atoms with Crippen molar-refractivity contribution < 1.29 is 0 Å². The van der Waals surface area contributed by atoms with Gasteiger partial charge in [0, 0.05) is 33.4 Å². The van der Waals surface area contributed by atoms with E-state index in [-0.39, 0.29) is 0 Å². The molecule has 0 atom stereocenters. The van der Waals surface area contributed by atoms with Crippen LogP contribution in [0.15, 0.2) is 237 Å². The summed E-state index contributed by atoms with van der Waals surface area (Å²) in [4.78, 5) is 30.1. The van der Waals surface area contributed by atoms with Crippen molar-refractivity contribution in [2.75, 3.05) is 0 Å². The first-order chi connectivity index (χ1) is 33.6. The molecule has 0 spiro atoms. The Labute approximate surface area is 394 Å². The second-order valence-corrected chi connectivity index (χ2v) is 16.2. The Morgan fingerprint density at radius 2 is 0.500 bits per heavy atom. The van der Waals surface area contributed by atoms with E-state index in [4.69, 9.17) is 29.9 Å². The molecule has 0 aliphatic rings. The molecule has 2 heterocycles. The lowest BCUT2D eigenvalue weighted by Gasteiger charge is -2.16. The summed E-state index contributed by atoms with van der Waals surface area (Å²) in [5, 5.41) is 9.75. The summed E-state index contributed by atoms with van der Waals surface area (Å²) in [6.45, 7) is 0. The molecular weight excluding hydrogens is 831 g/mol. The van der Waals surface area contributed by atoms with Gasteiger partial charge in [0.1, 0.15) is 0 Å². The summed E-state index contributed by atoms with van der Waals surface area (Å²) >= 11 is 0. The summed E-state index contributed by atoms with van der Waals surface area (Å²) in [6.07, 6.45) is 0. The van der Waals surface area contributed by atoms with Gasteiger partial charge >= 0.3 is 0 Å². The predicted molar refractivity (Wildman–Crippen MR) is 272 cm³/mol. The van der Waals surface area contributed by atoms with Gasteiger partial charge in [0.2, 0.25) is 0 Å². The van der Waals surface area contributed by atoms with Crippen LogP contribution in [0, 0.1) is 11.3 Å². The maximum atomic E-state index is 9.75. The molecule has 0 aliphatic carbocycles. The van der Waals surface area contributed by atoms with Gasteiger partial charge in [0.15, 0.2) is 34.9 Å². The Kier molecular flexibility index (Phi) is 11.2. The second-order valence-electron chi connectivity index (χ2n) is 16.2. The second kappa shape index (κ2) is 18.5. The molecule has 0 N–H and O–H groups in total. The normalized spacial score (nSPS) is 10.9. The third-order valence-electron chi connectivity index (χ3n) is 11.9. The van der Waals surface area contributed by atoms with Gasteiger partial charge in [-0.05, 0) is 62.7 Å². The molecule has 0 saturated heterocycles. The van der Waals surface area contributed by atoms with Crippen molar-refractivity contribution >= 4 is 0 Å². The first-order valence-electron chi connectivity index (χ1n) is 22.3. The van der Waals surface area contributed by atoms with Gasteiger partial charge in [-0.15, -0.1) is 0 Å². The topological polar surface area (TPSA) is 101 Å². The van der Waals surface area contributed by atoms with Crippen molar-refractivity contribution in [3.63, 3.8) is 0 Å². The SMILES string of the molecule is N#Cc1ccccc1-c1ccc(-c2nc(-c3ccccc3)nc(-c3cccc(-c4ccccc4-c4ccccc4-c4cccc(-c5nc(-c6ccccc6)nc(-c6ccccc6)n5)c4)c3)n2)cc1. The molecule has 7 heteroatoms. The standard InChI is InChI=1S/C61H39N7/c62-40-50-24-10-11-29-51(50)41-34-36-45(37-35-41)59-64-58(44-22-8-3-9-23-44)67-61(68-59)49-28-17-26-47(39-49)53-31-13-15-33-55(53)54-32-14-12-30-52(54)46-25-16-27-48(38-46)60-65-56(42-18-4-1-5-19-42)63-57(66-60)43-20-6-2-7-21-43/h1-39H. The van der Waals surface area contributed by atoms with Crippen molar-refractivity contribution in [3.05, 3.63) is 242 Å². The quantitative estimate of drug-likeness (QED) is 0.135. The van der Waals surface area contributed by atoms with E-state index in [9.17, 15) is 5.26 Å². The van der Waals surface area contributed by atoms with E-state index in [1.165, 1.54) is 0 Å². The average molecular weight is 870 g/mol. The number of rotatable bonds is 10. The number of benzene rings is 9. The number of nitriles is 1. The van der Waals surface area contributed by atoms with Crippen molar-refractivity contribution in [1.82, 2.24) is 29.9 Å². The minimum absolute atomic E-state index is 0.556. The van der Waals surface area contributed by atoms with Gasteiger partial charge < -0.3 is 0 Å². The van der Waals surface area contributed by atoms with Gasteiger partial charge in [0.05, 0.1) is 11.6 Å². The first kappa shape index (κ1) is 41.2. The number of hydrogen-bond donors (Lipinski definition) is 0. The van der Waals surface area contributed by atoms with Crippen LogP contribution in [0.4, 0.5) is 0 Å². The molecule has 11 rings (SSSR count). The smallest absolute Gasteiger partial charge is 0.164 e. The fourth-order valence-corrected chi connectivity index (χ4v) is 8.51. The highest BCUT2D eigenvalue weighted by atomic mass is 15.0. The van der Waals surface area contributed by atoms with Crippen molar-refractivity contribution in [2.45, 2.75) is 0 Å². The first-order valence-corrected chi connectivity index (χ1v) is 22.3. The highest BCUT2D eigenvalue weighted by Gasteiger charge is 2.18. The molecule has 2 aromatic heterocycles. The zero-order chi connectivity index (χ0) is 45.7. The van der Waals surface area contributed by atoms with E-state index in [1.54, 1.807) is 0 Å². The van der Waals surface area contributed by atoms with Crippen molar-refractivity contribution in [3.8, 4) is 119 Å².